The van der Waals surface area contributed by atoms with E-state index in [4.69, 9.17) is 10.5 Å². The van der Waals surface area contributed by atoms with Crippen LogP contribution in [0.1, 0.15) is 19.3 Å². The molecule has 1 atom stereocenters. The average Bonchev–Trinajstić information content (AvgIpc) is 2.96. The molecule has 0 spiro atoms. The van der Waals surface area contributed by atoms with Crippen molar-refractivity contribution in [3.63, 3.8) is 0 Å². The van der Waals surface area contributed by atoms with E-state index in [1.54, 1.807) is 6.07 Å². The fraction of sp³-hybridized carbons (Fsp3) is 0.462. The number of nitrogen functional groups attached to an aromatic ring is 1. The first kappa shape index (κ1) is 12.9. The molecule has 0 bridgehead atoms. The van der Waals surface area contributed by atoms with E-state index in [0.29, 0.717) is 22.5 Å². The maximum absolute atomic E-state index is 13.6. The summed E-state index contributed by atoms with van der Waals surface area (Å²) in [6.07, 6.45) is 3.38. The molecule has 6 heteroatoms. The van der Waals surface area contributed by atoms with Gasteiger partial charge in [-0.05, 0) is 41.3 Å². The Morgan fingerprint density at radius 1 is 1.53 bits per heavy atom. The Morgan fingerprint density at radius 2 is 2.37 bits per heavy atom. The first-order valence-corrected chi connectivity index (χ1v) is 7.17. The van der Waals surface area contributed by atoms with E-state index in [2.05, 4.69) is 20.9 Å². The van der Waals surface area contributed by atoms with Crippen LogP contribution in [0.2, 0.25) is 0 Å². The van der Waals surface area contributed by atoms with Gasteiger partial charge >= 0.3 is 0 Å². The third kappa shape index (κ3) is 2.47. The Labute approximate surface area is 118 Å². The molecule has 0 aliphatic carbocycles. The third-order valence-electron chi connectivity index (χ3n) is 3.52. The van der Waals surface area contributed by atoms with Crippen molar-refractivity contribution in [2.45, 2.75) is 31.9 Å². The minimum absolute atomic E-state index is 0.289. The van der Waals surface area contributed by atoms with Gasteiger partial charge in [-0.1, -0.05) is 0 Å². The van der Waals surface area contributed by atoms with E-state index in [9.17, 15) is 4.39 Å². The highest BCUT2D eigenvalue weighted by atomic mass is 79.9. The monoisotopic (exact) mass is 327 g/mol. The van der Waals surface area contributed by atoms with E-state index in [0.717, 1.165) is 31.4 Å². The van der Waals surface area contributed by atoms with Gasteiger partial charge in [0.25, 0.3) is 0 Å². The van der Waals surface area contributed by atoms with Crippen molar-refractivity contribution in [3.8, 4) is 0 Å². The number of anilines is 1. The molecule has 1 aromatic carbocycles. The average molecular weight is 328 g/mol. The van der Waals surface area contributed by atoms with Crippen molar-refractivity contribution in [1.82, 2.24) is 9.55 Å². The highest BCUT2D eigenvalue weighted by Gasteiger charge is 2.17. The molecule has 0 saturated carbocycles. The molecular weight excluding hydrogens is 313 g/mol. The lowest BCUT2D eigenvalue weighted by Gasteiger charge is -2.11. The summed E-state index contributed by atoms with van der Waals surface area (Å²) in [5, 5.41) is 0. The van der Waals surface area contributed by atoms with Crippen LogP contribution in [0.4, 0.5) is 10.3 Å². The fourth-order valence-corrected chi connectivity index (χ4v) is 2.85. The zero-order valence-corrected chi connectivity index (χ0v) is 12.0. The Bertz CT molecular complexity index is 607. The molecule has 1 unspecified atom stereocenters. The summed E-state index contributed by atoms with van der Waals surface area (Å²) < 4.78 is 21.5. The van der Waals surface area contributed by atoms with Gasteiger partial charge in [-0.25, -0.2) is 9.37 Å². The van der Waals surface area contributed by atoms with E-state index < -0.39 is 0 Å². The minimum atomic E-state index is -0.300. The number of ether oxygens (including phenoxy) is 1. The lowest BCUT2D eigenvalue weighted by molar-refractivity contribution is 0.101. The van der Waals surface area contributed by atoms with Crippen LogP contribution in [-0.4, -0.2) is 22.3 Å². The number of aromatic nitrogens is 2. The van der Waals surface area contributed by atoms with Crippen LogP contribution in [0.5, 0.6) is 0 Å². The molecule has 102 valence electrons. The van der Waals surface area contributed by atoms with Gasteiger partial charge < -0.3 is 15.0 Å². The number of imidazole rings is 1. The fourth-order valence-electron chi connectivity index (χ4n) is 2.52. The SMILES string of the molecule is Nc1nc2cc(Br)c(F)cc2n1CCC1CCCO1. The highest BCUT2D eigenvalue weighted by Crippen LogP contribution is 2.26. The predicted octanol–water partition coefficient (Wildman–Crippen LogP) is 3.09. The Balaban J connectivity index is 1.89. The zero-order chi connectivity index (χ0) is 13.4. The Kier molecular flexibility index (Phi) is 3.45. The zero-order valence-electron chi connectivity index (χ0n) is 10.4. The molecule has 1 aliphatic rings. The van der Waals surface area contributed by atoms with Gasteiger partial charge in [0.05, 0.1) is 21.6 Å². The summed E-state index contributed by atoms with van der Waals surface area (Å²) in [5.74, 6) is 0.122. The minimum Gasteiger partial charge on any atom is -0.378 e. The molecule has 19 heavy (non-hydrogen) atoms. The largest absolute Gasteiger partial charge is 0.378 e. The number of hydrogen-bond acceptors (Lipinski definition) is 3. The number of benzene rings is 1. The van der Waals surface area contributed by atoms with Gasteiger partial charge in [0.15, 0.2) is 0 Å². The predicted molar refractivity (Wildman–Crippen MR) is 75.4 cm³/mol. The maximum atomic E-state index is 13.6. The second-order valence-electron chi connectivity index (χ2n) is 4.80. The third-order valence-corrected chi connectivity index (χ3v) is 4.13. The standard InChI is InChI=1S/C13H15BrFN3O/c14-9-6-11-12(7-10(9)15)18(13(16)17-11)4-3-8-2-1-5-19-8/h6-8H,1-5H2,(H2,16,17). The van der Waals surface area contributed by atoms with E-state index in [1.165, 1.54) is 6.07 Å². The van der Waals surface area contributed by atoms with Gasteiger partial charge in [0, 0.05) is 19.2 Å². The topological polar surface area (TPSA) is 53.1 Å². The van der Waals surface area contributed by atoms with Crippen molar-refractivity contribution < 1.29 is 9.13 Å². The Hall–Kier alpha value is -1.14. The quantitative estimate of drug-likeness (QED) is 0.942. The summed E-state index contributed by atoms with van der Waals surface area (Å²) in [6.45, 7) is 1.54. The molecule has 1 saturated heterocycles. The summed E-state index contributed by atoms with van der Waals surface area (Å²) in [4.78, 5) is 4.26. The van der Waals surface area contributed by atoms with Crippen LogP contribution in [0.25, 0.3) is 11.0 Å². The smallest absolute Gasteiger partial charge is 0.201 e. The first-order chi connectivity index (χ1) is 9.15. The number of halogens is 2. The molecule has 0 radical (unpaired) electrons. The summed E-state index contributed by atoms with van der Waals surface area (Å²) >= 11 is 3.16. The van der Waals surface area contributed by atoms with Crippen LogP contribution in [-0.2, 0) is 11.3 Å². The second kappa shape index (κ2) is 5.09. The Morgan fingerprint density at radius 3 is 3.11 bits per heavy atom. The molecule has 1 aliphatic heterocycles. The van der Waals surface area contributed by atoms with Crippen molar-refractivity contribution in [2.75, 3.05) is 12.3 Å². The molecule has 4 nitrogen and oxygen atoms in total. The number of nitrogens with zero attached hydrogens (tertiary/aromatic N) is 2. The molecule has 1 aromatic heterocycles. The highest BCUT2D eigenvalue weighted by molar-refractivity contribution is 9.10. The van der Waals surface area contributed by atoms with E-state index in [1.807, 2.05) is 4.57 Å². The lowest BCUT2D eigenvalue weighted by Crippen LogP contribution is -2.11. The van der Waals surface area contributed by atoms with Crippen LogP contribution < -0.4 is 5.73 Å². The van der Waals surface area contributed by atoms with E-state index >= 15 is 0 Å². The number of nitrogens with two attached hydrogens (primary N) is 1. The van der Waals surface area contributed by atoms with Gasteiger partial charge in [0.1, 0.15) is 5.82 Å². The normalized spacial score (nSPS) is 19.4. The van der Waals surface area contributed by atoms with Gasteiger partial charge in [-0.2, -0.15) is 0 Å². The summed E-state index contributed by atoms with van der Waals surface area (Å²) in [5.41, 5.74) is 7.35. The number of hydrogen-bond donors (Lipinski definition) is 1. The van der Waals surface area contributed by atoms with Crippen molar-refractivity contribution >= 4 is 32.9 Å². The van der Waals surface area contributed by atoms with Crippen LogP contribution in [0, 0.1) is 5.82 Å². The first-order valence-electron chi connectivity index (χ1n) is 6.37. The van der Waals surface area contributed by atoms with Crippen LogP contribution in [0.15, 0.2) is 16.6 Å². The molecule has 2 heterocycles. The molecule has 1 fully saturated rings. The lowest BCUT2D eigenvalue weighted by atomic mass is 10.2. The van der Waals surface area contributed by atoms with Gasteiger partial charge in [-0.15, -0.1) is 0 Å². The van der Waals surface area contributed by atoms with Crippen molar-refractivity contribution in [1.29, 1.82) is 0 Å². The van der Waals surface area contributed by atoms with Crippen molar-refractivity contribution in [2.24, 2.45) is 0 Å². The maximum Gasteiger partial charge on any atom is 0.201 e. The molecule has 3 rings (SSSR count). The molecule has 2 N–H and O–H groups in total. The number of fused-ring (bicyclic) bond motifs is 1. The van der Waals surface area contributed by atoms with E-state index in [-0.39, 0.29) is 11.9 Å². The summed E-state index contributed by atoms with van der Waals surface area (Å²) in [6, 6.07) is 3.13. The van der Waals surface area contributed by atoms with Gasteiger partial charge in [-0.3, -0.25) is 0 Å². The van der Waals surface area contributed by atoms with Crippen LogP contribution in [0.3, 0.4) is 0 Å². The molecule has 2 aromatic rings. The number of rotatable bonds is 3. The molecular formula is C13H15BrFN3O. The van der Waals surface area contributed by atoms with Crippen molar-refractivity contribution in [3.05, 3.63) is 22.4 Å². The second-order valence-corrected chi connectivity index (χ2v) is 5.65. The number of aryl methyl sites for hydroxylation is 1. The molecule has 0 amide bonds. The summed E-state index contributed by atoms with van der Waals surface area (Å²) in [7, 11) is 0. The van der Waals surface area contributed by atoms with Gasteiger partial charge in [0.2, 0.25) is 5.95 Å². The van der Waals surface area contributed by atoms with Crippen LogP contribution >= 0.6 is 15.9 Å².